The van der Waals surface area contributed by atoms with Crippen molar-refractivity contribution in [3.63, 3.8) is 0 Å². The molecule has 4 fully saturated rings. The molecule has 4 bridgehead atoms. The number of carbonyl (C=O) groups excluding carboxylic acids is 3. The molecule has 0 spiro atoms. The fourth-order valence-electron chi connectivity index (χ4n) is 5.45. The van der Waals surface area contributed by atoms with Gasteiger partial charge in [0.2, 0.25) is 0 Å². The Morgan fingerprint density at radius 3 is 2.33 bits per heavy atom. The minimum absolute atomic E-state index is 0.0107. The molecule has 0 radical (unpaired) electrons. The summed E-state index contributed by atoms with van der Waals surface area (Å²) in [5.74, 6) is -2.07. The van der Waals surface area contributed by atoms with Gasteiger partial charge in [-0.15, -0.1) is 0 Å². The van der Waals surface area contributed by atoms with Gasteiger partial charge in [-0.3, -0.25) is 4.79 Å². The summed E-state index contributed by atoms with van der Waals surface area (Å²) in [4.78, 5) is 56.7. The third kappa shape index (κ3) is 10.4. The van der Waals surface area contributed by atoms with Gasteiger partial charge in [-0.2, -0.15) is 11.8 Å². The number of hydrogen-bond donors (Lipinski definition) is 1. The van der Waals surface area contributed by atoms with E-state index in [0.717, 1.165) is 21.7 Å². The van der Waals surface area contributed by atoms with Gasteiger partial charge in [0.05, 0.1) is 5.92 Å². The van der Waals surface area contributed by atoms with Crippen molar-refractivity contribution in [1.29, 1.82) is 0 Å². The molecule has 4 aliphatic heterocycles. The van der Waals surface area contributed by atoms with Gasteiger partial charge in [0.1, 0.15) is 0 Å². The van der Waals surface area contributed by atoms with Crippen LogP contribution in [0.1, 0.15) is 30.4 Å². The van der Waals surface area contributed by atoms with Gasteiger partial charge in [0, 0.05) is 0 Å². The molecule has 14 heteroatoms. The Labute approximate surface area is 262 Å². The van der Waals surface area contributed by atoms with E-state index in [1.54, 1.807) is 11.8 Å². The second-order valence-electron chi connectivity index (χ2n) is 11.0. The number of fused-ring (bicyclic) bond motifs is 10. The Kier molecular flexibility index (Phi) is 12.7. The van der Waals surface area contributed by atoms with Crippen LogP contribution in [0.5, 0.6) is 0 Å². The van der Waals surface area contributed by atoms with E-state index in [1.807, 2.05) is 23.3 Å². The Hall–Kier alpha value is -1.94. The number of rotatable bonds is 10. The molecule has 1 aromatic rings. The number of carboxylic acids is 1. The molecule has 0 aliphatic carbocycles. The first kappa shape index (κ1) is 33.0. The molecular weight excluding hydrogens is 637 g/mol. The molecule has 5 atom stereocenters. The third-order valence-electron chi connectivity index (χ3n) is 7.81. The van der Waals surface area contributed by atoms with Crippen LogP contribution in [0.3, 0.4) is 0 Å². The van der Waals surface area contributed by atoms with Gasteiger partial charge < -0.3 is 5.11 Å². The van der Waals surface area contributed by atoms with Crippen molar-refractivity contribution in [2.24, 2.45) is 5.92 Å². The molecule has 0 amide bonds. The SMILES string of the molecule is CSCCC(CC(=S)Cc1ccc(CC2CN3CCC(=O)[O][67Ga]4[O]C(=O)CN(CC3)CCN2CC(=O)[O]4)cc1)C(=O)O. The van der Waals surface area contributed by atoms with Crippen LogP contribution < -0.4 is 0 Å². The fourth-order valence-corrected chi connectivity index (χ4v) is 8.56. The maximum atomic E-state index is 12.9. The zero-order valence-electron chi connectivity index (χ0n) is 23.9. The van der Waals surface area contributed by atoms with E-state index in [4.69, 9.17) is 22.8 Å². The minimum Gasteiger partial charge on any atom is -0.481 e. The van der Waals surface area contributed by atoms with Gasteiger partial charge in [-0.1, -0.05) is 12.2 Å². The number of carboxylic acid groups (broad SMARTS) is 1. The standard InChI is InChI=1S/C28H41N3O8S2.Ga/c1-41-13-7-22(28(38)39)16-24(40)15-21-4-2-20(3-5-21)14-23-17-29(8-6-25(32)33)9-10-30(18-26(34)35)11-12-31(23)19-27(36)37;/h2-5,22-23H,6-19H2,1H3,(H,32,33)(H,34,35)(H,36,37)(H,38,39);/q;+3/p-3/i;1-3. The molecule has 1 aromatic carbocycles. The maximum absolute atomic E-state index is 12.9. The summed E-state index contributed by atoms with van der Waals surface area (Å²) in [6, 6.07) is 8.16. The summed E-state index contributed by atoms with van der Waals surface area (Å²) in [5.41, 5.74) is 2.13. The first-order chi connectivity index (χ1) is 20.2. The van der Waals surface area contributed by atoms with Gasteiger partial charge in [0.25, 0.3) is 0 Å². The van der Waals surface area contributed by atoms with Crippen molar-refractivity contribution in [2.45, 2.75) is 38.1 Å². The number of aliphatic carboxylic acids is 1. The summed E-state index contributed by atoms with van der Waals surface area (Å²) >= 11 is 3.33. The van der Waals surface area contributed by atoms with Gasteiger partial charge in [-0.05, 0) is 24.9 Å². The van der Waals surface area contributed by atoms with Crippen LogP contribution in [0.4, 0.5) is 0 Å². The molecule has 5 unspecified atom stereocenters. The van der Waals surface area contributed by atoms with Crippen LogP contribution in [-0.2, 0) is 42.6 Å². The van der Waals surface area contributed by atoms with Crippen LogP contribution in [0.25, 0.3) is 0 Å². The van der Waals surface area contributed by atoms with E-state index in [-0.39, 0.29) is 25.6 Å². The maximum Gasteiger partial charge on any atom is 0.306 e. The van der Waals surface area contributed by atoms with E-state index in [2.05, 4.69) is 21.9 Å². The van der Waals surface area contributed by atoms with Crippen LogP contribution in [0.2, 0.25) is 0 Å². The molecule has 1 N–H and O–H groups in total. The van der Waals surface area contributed by atoms with Crippen LogP contribution >= 0.6 is 24.0 Å². The number of carbonyl (C=O) groups is 4. The van der Waals surface area contributed by atoms with Crippen LogP contribution in [0, 0.1) is 5.92 Å². The zero-order valence-corrected chi connectivity index (χ0v) is 28.0. The molecule has 4 saturated heterocycles. The van der Waals surface area contributed by atoms with E-state index >= 15 is 0 Å². The smallest absolute Gasteiger partial charge is 0.306 e. The van der Waals surface area contributed by atoms with E-state index in [1.165, 1.54) is 0 Å². The van der Waals surface area contributed by atoms with Gasteiger partial charge >= 0.3 is 199 Å². The summed E-state index contributed by atoms with van der Waals surface area (Å²) in [7, 11) is 0. The summed E-state index contributed by atoms with van der Waals surface area (Å²) in [6.45, 7) is 3.69. The average molecular weight is 676 g/mol. The Bertz CT molecular complexity index is 1140. The van der Waals surface area contributed by atoms with Crippen molar-refractivity contribution >= 4 is 70.0 Å². The normalized spacial score (nSPS) is 25.8. The zero-order chi connectivity index (χ0) is 30.1. The monoisotopic (exact) mass is 675 g/mol. The molecule has 4 aliphatic rings. The Balaban J connectivity index is 1.48. The summed E-state index contributed by atoms with van der Waals surface area (Å²) in [5, 5.41) is 9.54. The molecule has 4 heterocycles. The summed E-state index contributed by atoms with van der Waals surface area (Å²) < 4.78 is 16.2. The third-order valence-corrected chi connectivity index (χ3v) is 11.6. The van der Waals surface area contributed by atoms with Crippen molar-refractivity contribution in [1.82, 2.24) is 14.7 Å². The first-order valence-electron chi connectivity index (χ1n) is 14.3. The average Bonchev–Trinajstić information content (AvgIpc) is 2.98. The summed E-state index contributed by atoms with van der Waals surface area (Å²) in [6.07, 6.45) is 4.31. The largest absolute Gasteiger partial charge is 0.481 e. The van der Waals surface area contributed by atoms with E-state index in [0.29, 0.717) is 65.0 Å². The topological polar surface area (TPSA) is 126 Å². The van der Waals surface area contributed by atoms with Crippen molar-refractivity contribution in [2.75, 3.05) is 64.4 Å². The second-order valence-corrected chi connectivity index (χ2v) is 15.2. The number of thioether (sulfide) groups is 1. The quantitative estimate of drug-likeness (QED) is 0.283. The molecular formula is C28H38GaN3O8S2. The van der Waals surface area contributed by atoms with Crippen molar-refractivity contribution in [3.8, 4) is 0 Å². The molecule has 11 nitrogen and oxygen atoms in total. The van der Waals surface area contributed by atoms with E-state index in [9.17, 15) is 24.3 Å². The first-order valence-corrected chi connectivity index (χ1v) is 19.0. The van der Waals surface area contributed by atoms with Crippen LogP contribution in [0.15, 0.2) is 24.3 Å². The Morgan fingerprint density at radius 1 is 0.976 bits per heavy atom. The number of thiocarbonyl (C=S) groups is 1. The van der Waals surface area contributed by atoms with Gasteiger partial charge in [-0.25, -0.2) is 0 Å². The molecule has 0 aromatic heterocycles. The molecule has 0 saturated carbocycles. The predicted molar refractivity (Wildman–Crippen MR) is 162 cm³/mol. The van der Waals surface area contributed by atoms with Gasteiger partial charge in [0.15, 0.2) is 0 Å². The molecule has 5 rings (SSSR count). The minimum atomic E-state index is -3.87. The second kappa shape index (κ2) is 16.2. The van der Waals surface area contributed by atoms with E-state index < -0.39 is 47.1 Å². The number of benzene rings is 1. The van der Waals surface area contributed by atoms with Crippen molar-refractivity contribution in [3.05, 3.63) is 35.4 Å². The number of nitrogens with zero attached hydrogens (tertiary/aromatic N) is 3. The molecule has 228 valence electrons. The predicted octanol–water partition coefficient (Wildman–Crippen LogP) is 1.31. The van der Waals surface area contributed by atoms with Crippen molar-refractivity contribution < 1.29 is 34.9 Å². The molecule has 42 heavy (non-hydrogen) atoms. The van der Waals surface area contributed by atoms with Crippen LogP contribution in [-0.4, -0.2) is 136 Å². The fraction of sp³-hybridized carbons (Fsp3) is 0.607. The number of hydrogen-bond acceptors (Lipinski definition) is 12. The Morgan fingerprint density at radius 2 is 1.62 bits per heavy atom.